The molecule has 5 nitrogen and oxygen atoms in total. The number of hydrogen-bond acceptors (Lipinski definition) is 4. The van der Waals surface area contributed by atoms with Gasteiger partial charge in [0.1, 0.15) is 12.4 Å². The van der Waals surface area contributed by atoms with Crippen molar-refractivity contribution in [2.45, 2.75) is 6.92 Å². The van der Waals surface area contributed by atoms with E-state index in [4.69, 9.17) is 11.0 Å². The zero-order valence-corrected chi connectivity index (χ0v) is 8.18. The van der Waals surface area contributed by atoms with Gasteiger partial charge in [0.2, 0.25) is 5.95 Å². The number of hydrogen-bond donors (Lipinski definition) is 1. The van der Waals surface area contributed by atoms with Gasteiger partial charge in [-0.25, -0.2) is 9.67 Å². The summed E-state index contributed by atoms with van der Waals surface area (Å²) in [6.45, 7) is 1.95. The minimum atomic E-state index is 0.195. The third-order valence-electron chi connectivity index (χ3n) is 2.03. The summed E-state index contributed by atoms with van der Waals surface area (Å²) in [5.74, 6) is 0.195. The Labute approximate surface area is 86.8 Å². The van der Waals surface area contributed by atoms with E-state index in [9.17, 15) is 0 Å². The summed E-state index contributed by atoms with van der Waals surface area (Å²) in [6.07, 6.45) is 1.49. The summed E-state index contributed by atoms with van der Waals surface area (Å²) in [5.41, 5.74) is 7.72. The Balaban J connectivity index is 2.61. The van der Waals surface area contributed by atoms with Crippen LogP contribution in [0.1, 0.15) is 11.1 Å². The summed E-state index contributed by atoms with van der Waals surface area (Å²) in [7, 11) is 0. The maximum atomic E-state index is 8.93. The van der Waals surface area contributed by atoms with Gasteiger partial charge in [0.15, 0.2) is 0 Å². The molecule has 0 radical (unpaired) electrons. The fourth-order valence-electron chi connectivity index (χ4n) is 1.32. The molecule has 74 valence electrons. The van der Waals surface area contributed by atoms with Gasteiger partial charge in [0.05, 0.1) is 11.3 Å². The molecular formula is C10H9N5. The molecule has 0 aliphatic rings. The van der Waals surface area contributed by atoms with Gasteiger partial charge in [-0.05, 0) is 24.6 Å². The van der Waals surface area contributed by atoms with E-state index in [0.29, 0.717) is 11.3 Å². The molecule has 2 aromatic rings. The topological polar surface area (TPSA) is 80.5 Å². The molecule has 0 aliphatic heterocycles. The highest BCUT2D eigenvalue weighted by Crippen LogP contribution is 2.14. The first-order chi connectivity index (χ1) is 7.20. The first kappa shape index (κ1) is 9.21. The lowest BCUT2D eigenvalue weighted by Gasteiger charge is -2.03. The van der Waals surface area contributed by atoms with Gasteiger partial charge in [0.25, 0.3) is 0 Å². The highest BCUT2D eigenvalue weighted by molar-refractivity contribution is 5.50. The zero-order chi connectivity index (χ0) is 10.8. The van der Waals surface area contributed by atoms with Crippen molar-refractivity contribution in [1.29, 1.82) is 5.26 Å². The number of aryl methyl sites for hydroxylation is 1. The Kier molecular flexibility index (Phi) is 2.10. The van der Waals surface area contributed by atoms with E-state index in [1.165, 1.54) is 11.0 Å². The minimum absolute atomic E-state index is 0.195. The van der Waals surface area contributed by atoms with Crippen molar-refractivity contribution in [2.24, 2.45) is 0 Å². The van der Waals surface area contributed by atoms with Crippen LogP contribution in [0.5, 0.6) is 0 Å². The Bertz CT molecular complexity index is 535. The number of nitrogen functional groups attached to an aromatic ring is 1. The van der Waals surface area contributed by atoms with Crippen LogP contribution in [0.15, 0.2) is 24.5 Å². The van der Waals surface area contributed by atoms with E-state index < -0.39 is 0 Å². The average molecular weight is 199 g/mol. The summed E-state index contributed by atoms with van der Waals surface area (Å²) in [4.78, 5) is 3.82. The lowest BCUT2D eigenvalue weighted by atomic mass is 10.1. The molecule has 0 saturated heterocycles. The van der Waals surface area contributed by atoms with E-state index in [1.54, 1.807) is 6.07 Å². The van der Waals surface area contributed by atoms with E-state index in [0.717, 1.165) is 5.56 Å². The number of nitrogens with zero attached hydrogens (tertiary/aromatic N) is 4. The minimum Gasteiger partial charge on any atom is -0.366 e. The van der Waals surface area contributed by atoms with Gasteiger partial charge in [-0.15, -0.1) is 5.10 Å². The molecule has 2 N–H and O–H groups in total. The lowest BCUT2D eigenvalue weighted by Crippen LogP contribution is -1.99. The lowest BCUT2D eigenvalue weighted by molar-refractivity contribution is 0.878. The molecule has 0 amide bonds. The van der Waals surface area contributed by atoms with Crippen molar-refractivity contribution in [2.75, 3.05) is 5.73 Å². The third kappa shape index (κ3) is 1.65. The Morgan fingerprint density at radius 1 is 1.47 bits per heavy atom. The van der Waals surface area contributed by atoms with Gasteiger partial charge in [-0.2, -0.15) is 5.26 Å². The summed E-state index contributed by atoms with van der Waals surface area (Å²) >= 11 is 0. The first-order valence-corrected chi connectivity index (χ1v) is 4.39. The Morgan fingerprint density at radius 3 is 2.87 bits per heavy atom. The molecular weight excluding hydrogens is 190 g/mol. The molecule has 0 aliphatic carbocycles. The number of nitriles is 1. The van der Waals surface area contributed by atoms with Crippen molar-refractivity contribution >= 4 is 5.95 Å². The van der Waals surface area contributed by atoms with Crippen molar-refractivity contribution < 1.29 is 0 Å². The second-order valence-corrected chi connectivity index (χ2v) is 3.18. The normalized spacial score (nSPS) is 9.87. The van der Waals surface area contributed by atoms with Crippen molar-refractivity contribution in [1.82, 2.24) is 14.8 Å². The third-order valence-corrected chi connectivity index (χ3v) is 2.03. The highest BCUT2D eigenvalue weighted by atomic mass is 15.4. The van der Waals surface area contributed by atoms with Crippen molar-refractivity contribution in [3.05, 3.63) is 35.7 Å². The van der Waals surface area contributed by atoms with Crippen LogP contribution < -0.4 is 5.73 Å². The first-order valence-electron chi connectivity index (χ1n) is 4.39. The summed E-state index contributed by atoms with van der Waals surface area (Å²) in [5, 5.41) is 12.9. The average Bonchev–Trinajstić information content (AvgIpc) is 2.65. The number of nitrogens with two attached hydrogens (primary N) is 1. The van der Waals surface area contributed by atoms with E-state index in [-0.39, 0.29) is 5.95 Å². The molecule has 15 heavy (non-hydrogen) atoms. The largest absolute Gasteiger partial charge is 0.366 e. The molecule has 1 aromatic heterocycles. The fourth-order valence-corrected chi connectivity index (χ4v) is 1.32. The monoisotopic (exact) mass is 199 g/mol. The summed E-state index contributed by atoms with van der Waals surface area (Å²) < 4.78 is 1.50. The molecule has 1 heterocycles. The zero-order valence-electron chi connectivity index (χ0n) is 8.18. The van der Waals surface area contributed by atoms with E-state index in [2.05, 4.69) is 16.2 Å². The molecule has 0 spiro atoms. The SMILES string of the molecule is Cc1ccc(C#N)c(-n2cnc(N)n2)c1. The maximum absolute atomic E-state index is 8.93. The Hall–Kier alpha value is -2.35. The van der Waals surface area contributed by atoms with Gasteiger partial charge < -0.3 is 5.73 Å². The van der Waals surface area contributed by atoms with Gasteiger partial charge >= 0.3 is 0 Å². The van der Waals surface area contributed by atoms with Crippen LogP contribution in [0.2, 0.25) is 0 Å². The van der Waals surface area contributed by atoms with Crippen molar-refractivity contribution in [3.63, 3.8) is 0 Å². The second kappa shape index (κ2) is 3.42. The molecule has 0 saturated carbocycles. The molecule has 0 bridgehead atoms. The number of benzene rings is 1. The van der Waals surface area contributed by atoms with Crippen LogP contribution in [-0.2, 0) is 0 Å². The van der Waals surface area contributed by atoms with Crippen LogP contribution in [0.3, 0.4) is 0 Å². The van der Waals surface area contributed by atoms with Crippen LogP contribution in [0, 0.1) is 18.3 Å². The standard InChI is InChI=1S/C10H9N5/c1-7-2-3-8(5-11)9(4-7)15-6-13-10(12)14-15/h2-4,6H,1H3,(H2,12,14). The molecule has 2 rings (SSSR count). The predicted molar refractivity (Wildman–Crippen MR) is 55.2 cm³/mol. The van der Waals surface area contributed by atoms with Gasteiger partial charge in [-0.3, -0.25) is 0 Å². The van der Waals surface area contributed by atoms with E-state index >= 15 is 0 Å². The second-order valence-electron chi connectivity index (χ2n) is 3.18. The molecule has 5 heteroatoms. The van der Waals surface area contributed by atoms with Crippen molar-refractivity contribution in [3.8, 4) is 11.8 Å². The Morgan fingerprint density at radius 2 is 2.27 bits per heavy atom. The van der Waals surface area contributed by atoms with Crippen LogP contribution in [0.25, 0.3) is 5.69 Å². The number of rotatable bonds is 1. The van der Waals surface area contributed by atoms with E-state index in [1.807, 2.05) is 19.1 Å². The quantitative estimate of drug-likeness (QED) is 0.743. The molecule has 1 aromatic carbocycles. The van der Waals surface area contributed by atoms with Crippen LogP contribution >= 0.6 is 0 Å². The highest BCUT2D eigenvalue weighted by Gasteiger charge is 2.06. The van der Waals surface area contributed by atoms with Crippen LogP contribution in [-0.4, -0.2) is 14.8 Å². The smallest absolute Gasteiger partial charge is 0.239 e. The summed E-state index contributed by atoms with van der Waals surface area (Å²) in [6, 6.07) is 7.60. The van der Waals surface area contributed by atoms with Gasteiger partial charge in [-0.1, -0.05) is 6.07 Å². The molecule has 0 atom stereocenters. The number of anilines is 1. The fraction of sp³-hybridized carbons (Fsp3) is 0.100. The number of aromatic nitrogens is 3. The van der Waals surface area contributed by atoms with Gasteiger partial charge in [0, 0.05) is 0 Å². The molecule has 0 fully saturated rings. The van der Waals surface area contributed by atoms with Crippen LogP contribution in [0.4, 0.5) is 5.95 Å². The molecule has 0 unspecified atom stereocenters. The maximum Gasteiger partial charge on any atom is 0.239 e. The predicted octanol–water partition coefficient (Wildman–Crippen LogP) is 1.03.